The van der Waals surface area contributed by atoms with E-state index in [2.05, 4.69) is 25.7 Å². The van der Waals surface area contributed by atoms with E-state index in [1.807, 2.05) is 0 Å². The molecule has 2 aliphatic carbocycles. The van der Waals surface area contributed by atoms with Crippen molar-refractivity contribution in [2.75, 3.05) is 0 Å². The van der Waals surface area contributed by atoms with Crippen LogP contribution in [0.5, 0.6) is 0 Å². The Bertz CT molecular complexity index is 322. The normalized spacial score (nSPS) is 45.1. The Morgan fingerprint density at radius 1 is 0.778 bits per heavy atom. The van der Waals surface area contributed by atoms with E-state index in [1.54, 1.807) is 0 Å². The average molecular weight is 250 g/mol. The average Bonchev–Trinajstić information content (AvgIpc) is 2.35. The minimum Gasteiger partial charge on any atom is -0.377 e. The molecule has 0 aliphatic heterocycles. The van der Waals surface area contributed by atoms with Gasteiger partial charge in [-0.1, -0.05) is 38.5 Å². The van der Waals surface area contributed by atoms with Gasteiger partial charge >= 0.3 is 0 Å². The second-order valence-electron chi connectivity index (χ2n) is 6.39. The fraction of sp³-hybridized carbons (Fsp3) is 0.875. The molecule has 2 aliphatic rings. The molecule has 0 saturated heterocycles. The van der Waals surface area contributed by atoms with Gasteiger partial charge in [0.05, 0.1) is 0 Å². The first-order valence-corrected chi connectivity index (χ1v) is 7.45. The summed E-state index contributed by atoms with van der Waals surface area (Å²) in [6.45, 7) is 4.14. The summed E-state index contributed by atoms with van der Waals surface area (Å²) in [5.41, 5.74) is -1.74. The molecule has 0 spiro atoms. The third-order valence-corrected chi connectivity index (χ3v) is 5.02. The van der Waals surface area contributed by atoms with Crippen LogP contribution in [0.2, 0.25) is 0 Å². The maximum Gasteiger partial charge on any atom is 0.128 e. The molecule has 0 bridgehead atoms. The SMILES string of the molecule is CC1CCCCC1(O)C#CC1(O)CCCCC1C. The van der Waals surface area contributed by atoms with Crippen LogP contribution in [-0.4, -0.2) is 21.4 Å². The smallest absolute Gasteiger partial charge is 0.128 e. The molecule has 2 rings (SSSR count). The van der Waals surface area contributed by atoms with Crippen LogP contribution in [0.25, 0.3) is 0 Å². The fourth-order valence-corrected chi connectivity index (χ4v) is 3.25. The molecule has 2 nitrogen and oxygen atoms in total. The second kappa shape index (κ2) is 5.23. The molecule has 0 aromatic rings. The molecule has 0 radical (unpaired) electrons. The lowest BCUT2D eigenvalue weighted by Crippen LogP contribution is -2.41. The van der Waals surface area contributed by atoms with Crippen molar-refractivity contribution in [3.63, 3.8) is 0 Å². The van der Waals surface area contributed by atoms with Crippen molar-refractivity contribution >= 4 is 0 Å². The third-order valence-electron chi connectivity index (χ3n) is 5.02. The largest absolute Gasteiger partial charge is 0.377 e. The van der Waals surface area contributed by atoms with E-state index in [-0.39, 0.29) is 11.8 Å². The summed E-state index contributed by atoms with van der Waals surface area (Å²) in [5, 5.41) is 21.2. The van der Waals surface area contributed by atoms with E-state index in [9.17, 15) is 10.2 Å². The number of aliphatic hydroxyl groups is 2. The standard InChI is InChI=1S/C16H26O2/c1-13-7-3-5-9-15(13,17)11-12-16(18)10-6-4-8-14(16)2/h13-14,17-18H,3-10H2,1-2H3. The van der Waals surface area contributed by atoms with E-state index >= 15 is 0 Å². The molecule has 0 heterocycles. The van der Waals surface area contributed by atoms with Crippen LogP contribution >= 0.6 is 0 Å². The van der Waals surface area contributed by atoms with Gasteiger partial charge in [0.1, 0.15) is 11.2 Å². The zero-order valence-electron chi connectivity index (χ0n) is 11.7. The summed E-state index contributed by atoms with van der Waals surface area (Å²) < 4.78 is 0. The van der Waals surface area contributed by atoms with Crippen molar-refractivity contribution < 1.29 is 10.2 Å². The summed E-state index contributed by atoms with van der Waals surface area (Å²) in [6, 6.07) is 0. The number of hydrogen-bond acceptors (Lipinski definition) is 2. The van der Waals surface area contributed by atoms with E-state index in [4.69, 9.17) is 0 Å². The summed E-state index contributed by atoms with van der Waals surface area (Å²) in [7, 11) is 0. The highest BCUT2D eigenvalue weighted by molar-refractivity contribution is 5.24. The Morgan fingerprint density at radius 3 is 1.50 bits per heavy atom. The van der Waals surface area contributed by atoms with Gasteiger partial charge in [-0.2, -0.15) is 0 Å². The Morgan fingerprint density at radius 2 is 1.17 bits per heavy atom. The summed E-state index contributed by atoms with van der Waals surface area (Å²) in [4.78, 5) is 0. The van der Waals surface area contributed by atoms with Crippen LogP contribution in [0, 0.1) is 23.7 Å². The first-order chi connectivity index (χ1) is 8.46. The van der Waals surface area contributed by atoms with Crippen LogP contribution in [0.15, 0.2) is 0 Å². The van der Waals surface area contributed by atoms with Crippen molar-refractivity contribution in [3.05, 3.63) is 0 Å². The lowest BCUT2D eigenvalue weighted by Gasteiger charge is -2.36. The summed E-state index contributed by atoms with van der Waals surface area (Å²) >= 11 is 0. The molecule has 0 amide bonds. The molecule has 4 unspecified atom stereocenters. The molecular formula is C16H26O2. The second-order valence-corrected chi connectivity index (χ2v) is 6.39. The molecule has 4 atom stereocenters. The van der Waals surface area contributed by atoms with Gasteiger partial charge in [-0.25, -0.2) is 0 Å². The Balaban J connectivity index is 2.14. The van der Waals surface area contributed by atoms with E-state index in [1.165, 1.54) is 12.8 Å². The summed E-state index contributed by atoms with van der Waals surface area (Å²) in [5.74, 6) is 6.53. The minimum absolute atomic E-state index is 0.223. The van der Waals surface area contributed by atoms with Gasteiger partial charge in [0.15, 0.2) is 0 Å². The molecule has 2 N–H and O–H groups in total. The maximum atomic E-state index is 10.6. The van der Waals surface area contributed by atoms with Crippen molar-refractivity contribution in [1.29, 1.82) is 0 Å². The monoisotopic (exact) mass is 250 g/mol. The van der Waals surface area contributed by atoms with E-state index in [0.717, 1.165) is 38.5 Å². The topological polar surface area (TPSA) is 40.5 Å². The van der Waals surface area contributed by atoms with Crippen molar-refractivity contribution in [2.45, 2.75) is 76.4 Å². The van der Waals surface area contributed by atoms with Crippen LogP contribution < -0.4 is 0 Å². The summed E-state index contributed by atoms with van der Waals surface area (Å²) in [6.07, 6.45) is 8.06. The quantitative estimate of drug-likeness (QED) is 0.649. The predicted octanol–water partition coefficient (Wildman–Crippen LogP) is 2.87. The Labute approximate surface area is 111 Å². The predicted molar refractivity (Wildman–Crippen MR) is 72.9 cm³/mol. The van der Waals surface area contributed by atoms with Crippen LogP contribution in [-0.2, 0) is 0 Å². The van der Waals surface area contributed by atoms with E-state index in [0.29, 0.717) is 0 Å². The number of hydrogen-bond donors (Lipinski definition) is 2. The molecule has 102 valence electrons. The first kappa shape index (κ1) is 13.9. The molecule has 2 fully saturated rings. The third kappa shape index (κ3) is 2.73. The van der Waals surface area contributed by atoms with Gasteiger partial charge in [-0.3, -0.25) is 0 Å². The zero-order valence-corrected chi connectivity index (χ0v) is 11.7. The van der Waals surface area contributed by atoms with Crippen LogP contribution in [0.1, 0.15) is 65.2 Å². The molecule has 2 heteroatoms. The van der Waals surface area contributed by atoms with Crippen molar-refractivity contribution in [3.8, 4) is 11.8 Å². The fourth-order valence-electron chi connectivity index (χ4n) is 3.25. The molecule has 2 saturated carbocycles. The molecular weight excluding hydrogens is 224 g/mol. The van der Waals surface area contributed by atoms with Gasteiger partial charge in [0.2, 0.25) is 0 Å². The number of rotatable bonds is 0. The van der Waals surface area contributed by atoms with Gasteiger partial charge in [0, 0.05) is 0 Å². The highest BCUT2D eigenvalue weighted by atomic mass is 16.3. The van der Waals surface area contributed by atoms with Crippen LogP contribution in [0.4, 0.5) is 0 Å². The van der Waals surface area contributed by atoms with Crippen molar-refractivity contribution in [2.24, 2.45) is 11.8 Å². The maximum absolute atomic E-state index is 10.6. The molecule has 0 aromatic carbocycles. The first-order valence-electron chi connectivity index (χ1n) is 7.45. The highest BCUT2D eigenvalue weighted by Crippen LogP contribution is 2.35. The van der Waals surface area contributed by atoms with Crippen molar-refractivity contribution in [1.82, 2.24) is 0 Å². The highest BCUT2D eigenvalue weighted by Gasteiger charge is 2.37. The van der Waals surface area contributed by atoms with Gasteiger partial charge < -0.3 is 10.2 Å². The van der Waals surface area contributed by atoms with Crippen LogP contribution in [0.3, 0.4) is 0 Å². The Kier molecular flexibility index (Phi) is 4.04. The zero-order chi connectivity index (χ0) is 13.2. The Hall–Kier alpha value is -0.520. The lowest BCUT2D eigenvalue weighted by molar-refractivity contribution is 0.00209. The van der Waals surface area contributed by atoms with Gasteiger partial charge in [0.25, 0.3) is 0 Å². The van der Waals surface area contributed by atoms with Gasteiger partial charge in [-0.15, -0.1) is 0 Å². The van der Waals surface area contributed by atoms with Gasteiger partial charge in [-0.05, 0) is 50.4 Å². The lowest BCUT2D eigenvalue weighted by atomic mass is 9.74. The minimum atomic E-state index is -0.870. The van der Waals surface area contributed by atoms with E-state index < -0.39 is 11.2 Å². The molecule has 18 heavy (non-hydrogen) atoms. The molecule has 0 aromatic heterocycles.